The van der Waals surface area contributed by atoms with Gasteiger partial charge in [-0.05, 0) is 47.5 Å². The first-order valence-electron chi connectivity index (χ1n) is 19.2. The molecule has 57 heavy (non-hydrogen) atoms. The molecule has 1 unspecified atom stereocenters. The number of aromatic nitrogens is 1. The highest BCUT2D eigenvalue weighted by atomic mass is 32.1. The van der Waals surface area contributed by atoms with Gasteiger partial charge in [0.05, 0.1) is 16.7 Å². The molecule has 1 aliphatic rings. The van der Waals surface area contributed by atoms with Crippen LogP contribution < -0.4 is 5.32 Å². The van der Waals surface area contributed by atoms with Crippen LogP contribution in [0.2, 0.25) is 0 Å². The Balaban J connectivity index is 1.05. The van der Waals surface area contributed by atoms with Crippen LogP contribution in [-0.2, 0) is 0 Å². The van der Waals surface area contributed by atoms with Crippen molar-refractivity contribution < 1.29 is 0 Å². The minimum absolute atomic E-state index is 0.244. The van der Waals surface area contributed by atoms with Crippen molar-refractivity contribution >= 4 is 96.5 Å². The molecule has 0 fully saturated rings. The van der Waals surface area contributed by atoms with E-state index in [2.05, 4.69) is 168 Å². The van der Waals surface area contributed by atoms with Crippen molar-refractivity contribution in [1.29, 1.82) is 0 Å². The molecule has 0 spiro atoms. The van der Waals surface area contributed by atoms with Crippen LogP contribution in [0.4, 0.5) is 0 Å². The van der Waals surface area contributed by atoms with Gasteiger partial charge >= 0.3 is 0 Å². The summed E-state index contributed by atoms with van der Waals surface area (Å²) >= 11 is 3.73. The van der Waals surface area contributed by atoms with Crippen molar-refractivity contribution in [2.75, 3.05) is 0 Å². The molecule has 0 radical (unpaired) electrons. The van der Waals surface area contributed by atoms with Crippen LogP contribution >= 0.6 is 22.7 Å². The Bertz CT molecular complexity index is 3390. The van der Waals surface area contributed by atoms with Gasteiger partial charge < -0.3 is 9.88 Å². The molecule has 1 atom stereocenters. The number of rotatable bonds is 5. The number of aliphatic imine (C=N–C) groups is 2. The first-order chi connectivity index (χ1) is 28.3. The summed E-state index contributed by atoms with van der Waals surface area (Å²) in [4.78, 5) is 10.3. The average Bonchev–Trinajstić information content (AvgIpc) is 3.96. The van der Waals surface area contributed by atoms with E-state index in [-0.39, 0.29) is 6.17 Å². The summed E-state index contributed by atoms with van der Waals surface area (Å²) in [5, 5.41) is 11.2. The van der Waals surface area contributed by atoms with Crippen LogP contribution in [0, 0.1) is 0 Å². The number of nitrogens with zero attached hydrogens (tertiary/aromatic N) is 3. The molecular formula is C51H32N4S2. The fourth-order valence-corrected chi connectivity index (χ4v) is 11.1. The first-order valence-corrected chi connectivity index (χ1v) is 20.8. The van der Waals surface area contributed by atoms with Crippen molar-refractivity contribution in [3.63, 3.8) is 0 Å². The Kier molecular flexibility index (Phi) is 7.30. The van der Waals surface area contributed by atoms with Gasteiger partial charge in [-0.1, -0.05) is 146 Å². The average molecular weight is 765 g/mol. The molecule has 12 rings (SSSR count). The third kappa shape index (κ3) is 5.11. The molecule has 1 aliphatic heterocycles. The molecule has 268 valence electrons. The van der Waals surface area contributed by atoms with Crippen LogP contribution in [0.3, 0.4) is 0 Å². The molecule has 0 aliphatic carbocycles. The number of hydrogen-bond acceptors (Lipinski definition) is 5. The predicted molar refractivity (Wildman–Crippen MR) is 244 cm³/mol. The SMILES string of the molecule is c1ccc(C2=NC(c3ccc4c(c3)sc3c(-c5cccc6sc7cccc(-n8c9ccccc9c9ccccc98)c7c56)cccc34)=NC(c3ccccc3)N2)cc1. The van der Waals surface area contributed by atoms with Crippen LogP contribution in [0.15, 0.2) is 192 Å². The number of para-hydroxylation sites is 2. The molecule has 4 nitrogen and oxygen atoms in total. The van der Waals surface area contributed by atoms with E-state index in [1.165, 1.54) is 79.0 Å². The molecule has 8 aromatic carbocycles. The molecule has 6 heteroatoms. The highest BCUT2D eigenvalue weighted by molar-refractivity contribution is 7.27. The van der Waals surface area contributed by atoms with Crippen LogP contribution in [-0.4, -0.2) is 16.2 Å². The van der Waals surface area contributed by atoms with Gasteiger partial charge in [-0.2, -0.15) is 0 Å². The summed E-state index contributed by atoms with van der Waals surface area (Å²) in [6.07, 6.45) is -0.244. The maximum absolute atomic E-state index is 5.17. The summed E-state index contributed by atoms with van der Waals surface area (Å²) in [5.74, 6) is 1.55. The smallest absolute Gasteiger partial charge is 0.159 e. The zero-order valence-electron chi connectivity index (χ0n) is 30.6. The Morgan fingerprint density at radius 2 is 1.12 bits per heavy atom. The number of hydrogen-bond donors (Lipinski definition) is 1. The van der Waals surface area contributed by atoms with Gasteiger partial charge in [0.15, 0.2) is 5.84 Å². The van der Waals surface area contributed by atoms with E-state index >= 15 is 0 Å². The second-order valence-corrected chi connectivity index (χ2v) is 16.7. The fourth-order valence-electron chi connectivity index (χ4n) is 8.72. The molecule has 0 bridgehead atoms. The predicted octanol–water partition coefficient (Wildman–Crippen LogP) is 13.7. The summed E-state index contributed by atoms with van der Waals surface area (Å²) < 4.78 is 7.55. The second-order valence-electron chi connectivity index (χ2n) is 14.5. The lowest BCUT2D eigenvalue weighted by Crippen LogP contribution is -2.33. The summed E-state index contributed by atoms with van der Waals surface area (Å²) in [7, 11) is 0. The highest BCUT2D eigenvalue weighted by Crippen LogP contribution is 2.47. The quantitative estimate of drug-likeness (QED) is 0.186. The lowest BCUT2D eigenvalue weighted by atomic mass is 9.97. The van der Waals surface area contributed by atoms with E-state index in [0.29, 0.717) is 0 Å². The number of nitrogens with one attached hydrogen (secondary N) is 1. The third-order valence-corrected chi connectivity index (χ3v) is 13.6. The zero-order chi connectivity index (χ0) is 37.5. The number of amidine groups is 2. The topological polar surface area (TPSA) is 41.7 Å². The van der Waals surface area contributed by atoms with E-state index < -0.39 is 0 Å². The van der Waals surface area contributed by atoms with Crippen molar-refractivity contribution in [2.45, 2.75) is 6.17 Å². The summed E-state index contributed by atoms with van der Waals surface area (Å²) in [5.41, 5.74) is 9.31. The third-order valence-electron chi connectivity index (χ3n) is 11.3. The van der Waals surface area contributed by atoms with E-state index in [9.17, 15) is 0 Å². The molecule has 3 aromatic heterocycles. The second kappa shape index (κ2) is 12.8. The van der Waals surface area contributed by atoms with E-state index in [4.69, 9.17) is 9.98 Å². The normalized spacial score (nSPS) is 14.5. The van der Waals surface area contributed by atoms with Gasteiger partial charge in [0.2, 0.25) is 0 Å². The van der Waals surface area contributed by atoms with E-state index in [1.54, 1.807) is 0 Å². The number of benzene rings is 8. The lowest BCUT2D eigenvalue weighted by molar-refractivity contribution is 0.674. The van der Waals surface area contributed by atoms with Crippen LogP contribution in [0.1, 0.15) is 22.9 Å². The monoisotopic (exact) mass is 764 g/mol. The molecule has 11 aromatic rings. The largest absolute Gasteiger partial charge is 0.344 e. The van der Waals surface area contributed by atoms with Gasteiger partial charge in [0.25, 0.3) is 0 Å². The van der Waals surface area contributed by atoms with Crippen molar-refractivity contribution in [2.24, 2.45) is 9.98 Å². The summed E-state index contributed by atoms with van der Waals surface area (Å²) in [6, 6.07) is 65.4. The van der Waals surface area contributed by atoms with Crippen LogP contribution in [0.25, 0.3) is 79.0 Å². The van der Waals surface area contributed by atoms with Crippen molar-refractivity contribution in [3.05, 3.63) is 199 Å². The molecule has 4 heterocycles. The zero-order valence-corrected chi connectivity index (χ0v) is 32.2. The molecule has 0 amide bonds. The molecule has 0 saturated heterocycles. The van der Waals surface area contributed by atoms with Gasteiger partial charge in [0, 0.05) is 67.8 Å². The molecular weight excluding hydrogens is 733 g/mol. The molecule has 0 saturated carbocycles. The minimum Gasteiger partial charge on any atom is -0.344 e. The maximum Gasteiger partial charge on any atom is 0.159 e. The maximum atomic E-state index is 5.17. The van der Waals surface area contributed by atoms with Crippen LogP contribution in [0.5, 0.6) is 0 Å². The van der Waals surface area contributed by atoms with Gasteiger partial charge in [-0.3, -0.25) is 0 Å². The Morgan fingerprint density at radius 3 is 1.91 bits per heavy atom. The lowest BCUT2D eigenvalue weighted by Gasteiger charge is -2.23. The van der Waals surface area contributed by atoms with Gasteiger partial charge in [-0.15, -0.1) is 22.7 Å². The Morgan fingerprint density at radius 1 is 0.474 bits per heavy atom. The minimum atomic E-state index is -0.244. The van der Waals surface area contributed by atoms with Crippen molar-refractivity contribution in [1.82, 2.24) is 9.88 Å². The number of fused-ring (bicyclic) bond motifs is 9. The highest BCUT2D eigenvalue weighted by Gasteiger charge is 2.23. The van der Waals surface area contributed by atoms with Gasteiger partial charge in [-0.25, -0.2) is 9.98 Å². The van der Waals surface area contributed by atoms with E-state index in [1.807, 2.05) is 46.9 Å². The fraction of sp³-hybridized carbons (Fsp3) is 0.0196. The Hall–Kier alpha value is -6.86. The summed E-state index contributed by atoms with van der Waals surface area (Å²) in [6.45, 7) is 0. The van der Waals surface area contributed by atoms with Crippen molar-refractivity contribution in [3.8, 4) is 16.8 Å². The van der Waals surface area contributed by atoms with E-state index in [0.717, 1.165) is 28.4 Å². The standard InChI is InChI=1S/C51H32N4S2/c1-3-14-31(15-4-1)49-52-50(32-16-5-2-6-17-32)54-51(53-49)33-28-29-36-38-21-11-22-39(48(38)57-45(36)30-33)37-20-12-26-43-46(37)47-42(25-13-27-44(47)56-43)55-40-23-9-7-18-34(40)35-19-8-10-24-41(35)55/h1-30,49H,(H,52,53,54). The first kappa shape index (κ1) is 32.4. The Labute approximate surface area is 336 Å². The molecule has 1 N–H and O–H groups in total. The van der Waals surface area contributed by atoms with Gasteiger partial charge in [0.1, 0.15) is 12.0 Å². The number of thiophene rings is 2.